The van der Waals surface area contributed by atoms with Crippen LogP contribution in [0.25, 0.3) is 11.3 Å². The van der Waals surface area contributed by atoms with E-state index in [1.165, 1.54) is 6.07 Å². The van der Waals surface area contributed by atoms with E-state index in [4.69, 9.17) is 33.2 Å². The van der Waals surface area contributed by atoms with Crippen LogP contribution in [0.5, 0.6) is 0 Å². The molecule has 0 radical (unpaired) electrons. The van der Waals surface area contributed by atoms with Crippen molar-refractivity contribution in [1.29, 1.82) is 0 Å². The van der Waals surface area contributed by atoms with Gasteiger partial charge in [-0.05, 0) is 51.0 Å². The summed E-state index contributed by atoms with van der Waals surface area (Å²) in [4.78, 5) is 21.0. The second-order valence-electron chi connectivity index (χ2n) is 9.02. The Hall–Kier alpha value is -2.64. The molecule has 2 aliphatic heterocycles. The van der Waals surface area contributed by atoms with Gasteiger partial charge in [-0.2, -0.15) is 4.98 Å². The van der Waals surface area contributed by atoms with Crippen LogP contribution in [0.2, 0.25) is 10.0 Å². The lowest BCUT2D eigenvalue weighted by Crippen LogP contribution is -2.52. The molecule has 2 aromatic heterocycles. The molecular formula is C25H27Cl2FN6. The van der Waals surface area contributed by atoms with E-state index in [2.05, 4.69) is 33.5 Å². The predicted octanol–water partition coefficient (Wildman–Crippen LogP) is 5.69. The molecule has 0 aliphatic carbocycles. The lowest BCUT2D eigenvalue weighted by Gasteiger charge is -2.41. The van der Waals surface area contributed by atoms with Crippen LogP contribution < -0.4 is 14.7 Å². The molecule has 6 nitrogen and oxygen atoms in total. The molecule has 178 valence electrons. The monoisotopic (exact) mass is 500 g/mol. The van der Waals surface area contributed by atoms with E-state index < -0.39 is 5.82 Å². The number of hydrogen-bond acceptors (Lipinski definition) is 6. The third-order valence-corrected chi connectivity index (χ3v) is 7.29. The highest BCUT2D eigenvalue weighted by Gasteiger charge is 2.29. The smallest absolute Gasteiger partial charge is 0.228 e. The summed E-state index contributed by atoms with van der Waals surface area (Å²) in [5.41, 5.74) is 1.38. The molecule has 0 spiro atoms. The molecule has 4 heterocycles. The zero-order chi connectivity index (χ0) is 23.8. The molecule has 2 saturated heterocycles. The highest BCUT2D eigenvalue weighted by Crippen LogP contribution is 2.32. The van der Waals surface area contributed by atoms with Crippen LogP contribution in [0.4, 0.5) is 22.0 Å². The van der Waals surface area contributed by atoms with Crippen LogP contribution >= 0.6 is 23.2 Å². The molecule has 0 unspecified atom stereocenters. The van der Waals surface area contributed by atoms with Crippen LogP contribution in [-0.4, -0.2) is 53.2 Å². The Bertz CT molecular complexity index is 1190. The zero-order valence-electron chi connectivity index (χ0n) is 19.3. The molecule has 2 fully saturated rings. The van der Waals surface area contributed by atoms with E-state index in [-0.39, 0.29) is 11.1 Å². The van der Waals surface area contributed by atoms with Crippen molar-refractivity contribution in [2.24, 2.45) is 0 Å². The summed E-state index contributed by atoms with van der Waals surface area (Å²) < 4.78 is 14.3. The molecule has 34 heavy (non-hydrogen) atoms. The standard InChI is InChI=1S/C25H27Cl2FN6/c1-16-5-4-10-34(16)25-30-22(18-7-8-19(26)21(28)13-18)14-23(31-25)33-12-11-32(15-17(33)2)24-20(27)6-3-9-29-24/h3,6-9,13-14,16-17H,4-5,10-12,15H2,1-2H3/t16-,17-/m1/s1. The van der Waals surface area contributed by atoms with E-state index >= 15 is 0 Å². The molecule has 2 atom stereocenters. The summed E-state index contributed by atoms with van der Waals surface area (Å²) in [6.07, 6.45) is 3.99. The maximum atomic E-state index is 14.3. The number of anilines is 3. The quantitative estimate of drug-likeness (QED) is 0.458. The van der Waals surface area contributed by atoms with Gasteiger partial charge in [-0.3, -0.25) is 0 Å². The molecule has 2 aliphatic rings. The first-order valence-electron chi connectivity index (χ1n) is 11.6. The minimum atomic E-state index is -0.454. The Morgan fingerprint density at radius 3 is 2.50 bits per heavy atom. The molecule has 1 aromatic carbocycles. The van der Waals surface area contributed by atoms with Gasteiger partial charge in [0.05, 0.1) is 15.7 Å². The van der Waals surface area contributed by atoms with Crippen molar-refractivity contribution in [3.05, 3.63) is 58.5 Å². The molecule has 0 amide bonds. The predicted molar refractivity (Wildman–Crippen MR) is 137 cm³/mol. The maximum absolute atomic E-state index is 14.3. The van der Waals surface area contributed by atoms with Crippen molar-refractivity contribution in [2.45, 2.75) is 38.8 Å². The van der Waals surface area contributed by atoms with Crippen molar-refractivity contribution in [3.8, 4) is 11.3 Å². The van der Waals surface area contributed by atoms with Gasteiger partial charge in [0.2, 0.25) is 5.95 Å². The van der Waals surface area contributed by atoms with E-state index in [1.54, 1.807) is 18.3 Å². The van der Waals surface area contributed by atoms with Crippen LogP contribution in [0.3, 0.4) is 0 Å². The van der Waals surface area contributed by atoms with Crippen LogP contribution in [0, 0.1) is 5.82 Å². The maximum Gasteiger partial charge on any atom is 0.228 e. The van der Waals surface area contributed by atoms with Gasteiger partial charge in [-0.1, -0.05) is 29.3 Å². The van der Waals surface area contributed by atoms with Gasteiger partial charge in [0.25, 0.3) is 0 Å². The zero-order valence-corrected chi connectivity index (χ0v) is 20.8. The van der Waals surface area contributed by atoms with E-state index in [0.29, 0.717) is 28.3 Å². The molecule has 9 heteroatoms. The highest BCUT2D eigenvalue weighted by atomic mass is 35.5. The summed E-state index contributed by atoms with van der Waals surface area (Å²) >= 11 is 12.3. The SMILES string of the molecule is C[C@@H]1CN(c2ncccc2Cl)CCN1c1cc(-c2ccc(Cl)c(F)c2)nc(N2CCC[C@H]2C)n1. The van der Waals surface area contributed by atoms with E-state index in [9.17, 15) is 4.39 Å². The van der Waals surface area contributed by atoms with Crippen molar-refractivity contribution in [2.75, 3.05) is 40.9 Å². The van der Waals surface area contributed by atoms with Gasteiger partial charge >= 0.3 is 0 Å². The van der Waals surface area contributed by atoms with E-state index in [1.807, 2.05) is 18.2 Å². The first kappa shape index (κ1) is 23.1. The highest BCUT2D eigenvalue weighted by molar-refractivity contribution is 6.33. The number of nitrogens with zero attached hydrogens (tertiary/aromatic N) is 6. The largest absolute Gasteiger partial charge is 0.352 e. The summed E-state index contributed by atoms with van der Waals surface area (Å²) in [5, 5.41) is 0.756. The van der Waals surface area contributed by atoms with Crippen LogP contribution in [0.15, 0.2) is 42.6 Å². The number of hydrogen-bond donors (Lipinski definition) is 0. The van der Waals surface area contributed by atoms with E-state index in [0.717, 1.165) is 50.7 Å². The van der Waals surface area contributed by atoms with Gasteiger partial charge in [0.1, 0.15) is 17.5 Å². The van der Waals surface area contributed by atoms with Gasteiger partial charge < -0.3 is 14.7 Å². The van der Waals surface area contributed by atoms with Gasteiger partial charge in [-0.15, -0.1) is 0 Å². The van der Waals surface area contributed by atoms with Gasteiger partial charge in [0.15, 0.2) is 0 Å². The number of piperazine rings is 1. The summed E-state index contributed by atoms with van der Waals surface area (Å²) in [5.74, 6) is 1.89. The number of halogens is 3. The Morgan fingerprint density at radius 2 is 1.79 bits per heavy atom. The number of pyridine rings is 1. The van der Waals surface area contributed by atoms with Crippen molar-refractivity contribution in [1.82, 2.24) is 15.0 Å². The molecule has 3 aromatic rings. The number of rotatable bonds is 4. The van der Waals surface area contributed by atoms with Crippen LogP contribution in [-0.2, 0) is 0 Å². The molecule has 0 bridgehead atoms. The van der Waals surface area contributed by atoms with Gasteiger partial charge in [0, 0.05) is 56.1 Å². The molecule has 0 N–H and O–H groups in total. The fourth-order valence-electron chi connectivity index (χ4n) is 4.83. The number of benzene rings is 1. The summed E-state index contributed by atoms with van der Waals surface area (Å²) in [6, 6.07) is 11.0. The van der Waals surface area contributed by atoms with Crippen LogP contribution in [0.1, 0.15) is 26.7 Å². The first-order valence-corrected chi connectivity index (χ1v) is 12.4. The topological polar surface area (TPSA) is 48.4 Å². The number of aromatic nitrogens is 3. The summed E-state index contributed by atoms with van der Waals surface area (Å²) in [6.45, 7) is 7.58. The van der Waals surface area contributed by atoms with Crippen molar-refractivity contribution in [3.63, 3.8) is 0 Å². The lowest BCUT2D eigenvalue weighted by atomic mass is 10.1. The summed E-state index contributed by atoms with van der Waals surface area (Å²) in [7, 11) is 0. The third kappa shape index (κ3) is 4.51. The second kappa shape index (κ2) is 9.55. The fraction of sp³-hybridized carbons (Fsp3) is 0.400. The second-order valence-corrected chi connectivity index (χ2v) is 9.84. The third-order valence-electron chi connectivity index (χ3n) is 6.69. The van der Waals surface area contributed by atoms with Crippen molar-refractivity contribution < 1.29 is 4.39 Å². The normalized spacial score (nSPS) is 20.8. The Balaban J connectivity index is 1.49. The average Bonchev–Trinajstić information content (AvgIpc) is 3.26. The Morgan fingerprint density at radius 1 is 0.941 bits per heavy atom. The minimum absolute atomic E-state index is 0.101. The molecule has 0 saturated carbocycles. The van der Waals surface area contributed by atoms with Gasteiger partial charge in [-0.25, -0.2) is 14.4 Å². The van der Waals surface area contributed by atoms with Crippen molar-refractivity contribution >= 4 is 40.8 Å². The minimum Gasteiger partial charge on any atom is -0.352 e. The average molecular weight is 501 g/mol. The molecule has 5 rings (SSSR count). The Kier molecular flexibility index (Phi) is 6.49. The Labute approximate surface area is 209 Å². The first-order chi connectivity index (χ1) is 16.4. The lowest BCUT2D eigenvalue weighted by molar-refractivity contribution is 0.542. The fourth-order valence-corrected chi connectivity index (χ4v) is 5.19. The molecular weight excluding hydrogens is 474 g/mol.